The summed E-state index contributed by atoms with van der Waals surface area (Å²) in [5.41, 5.74) is 4.30. The van der Waals surface area contributed by atoms with Crippen LogP contribution in [0.3, 0.4) is 0 Å². The van der Waals surface area contributed by atoms with E-state index in [9.17, 15) is 8.42 Å². The lowest BCUT2D eigenvalue weighted by molar-refractivity contribution is 0.601. The molecule has 3 aromatic rings. The van der Waals surface area contributed by atoms with Gasteiger partial charge in [-0.15, -0.1) is 0 Å². The third-order valence-corrected chi connectivity index (χ3v) is 4.88. The fourth-order valence-corrected chi connectivity index (χ4v) is 3.44. The quantitative estimate of drug-likeness (QED) is 0.557. The number of anilines is 5. The number of hydrogen-bond acceptors (Lipinski definition) is 7. The smallest absolute Gasteiger partial charge is 0.229 e. The van der Waals surface area contributed by atoms with Crippen LogP contribution in [0.25, 0.3) is 0 Å². The average molecular weight is 398 g/mol. The Kier molecular flexibility index (Phi) is 5.79. The maximum Gasteiger partial charge on any atom is 0.229 e. The van der Waals surface area contributed by atoms with Gasteiger partial charge in [-0.2, -0.15) is 4.98 Å². The topological polar surface area (TPSA) is 96.0 Å². The Hall–Kier alpha value is -3.13. The zero-order valence-electron chi connectivity index (χ0n) is 16.0. The minimum Gasteiger partial charge on any atom is -0.388 e. The number of sulfone groups is 1. The number of aryl methyl sites for hydroxylation is 1. The van der Waals surface area contributed by atoms with Crippen LogP contribution in [-0.4, -0.2) is 31.7 Å². The van der Waals surface area contributed by atoms with Gasteiger partial charge in [0.1, 0.15) is 5.82 Å². The molecule has 0 unspecified atom stereocenters. The molecule has 7 nitrogen and oxygen atoms in total. The average Bonchev–Trinajstić information content (AvgIpc) is 2.64. The molecule has 1 aromatic heterocycles. The van der Waals surface area contributed by atoms with Gasteiger partial charge in [0, 0.05) is 42.1 Å². The summed E-state index contributed by atoms with van der Waals surface area (Å²) in [4.78, 5) is 8.86. The fraction of sp³-hybridized carbons (Fsp3) is 0.200. The van der Waals surface area contributed by atoms with E-state index in [1.165, 1.54) is 6.26 Å². The Morgan fingerprint density at radius 2 is 1.68 bits per heavy atom. The van der Waals surface area contributed by atoms with Gasteiger partial charge in [0.25, 0.3) is 0 Å². The van der Waals surface area contributed by atoms with Crippen molar-refractivity contribution in [3.63, 3.8) is 0 Å². The van der Waals surface area contributed by atoms with Gasteiger partial charge in [-0.3, -0.25) is 0 Å². The van der Waals surface area contributed by atoms with Crippen LogP contribution in [0, 0.1) is 6.92 Å². The first-order chi connectivity index (χ1) is 13.3. The van der Waals surface area contributed by atoms with Gasteiger partial charge in [0.05, 0.1) is 5.75 Å². The zero-order valence-corrected chi connectivity index (χ0v) is 16.8. The van der Waals surface area contributed by atoms with Crippen LogP contribution in [-0.2, 0) is 15.6 Å². The number of hydrogen-bond donors (Lipinski definition) is 3. The third kappa shape index (κ3) is 5.43. The van der Waals surface area contributed by atoms with Gasteiger partial charge in [-0.05, 0) is 48.9 Å². The summed E-state index contributed by atoms with van der Waals surface area (Å²) in [5, 5.41) is 9.51. The molecule has 2 aromatic carbocycles. The molecular weight excluding hydrogens is 374 g/mol. The Morgan fingerprint density at radius 1 is 0.964 bits per heavy atom. The molecule has 0 saturated carbocycles. The first kappa shape index (κ1) is 19.6. The molecule has 0 aliphatic rings. The van der Waals surface area contributed by atoms with Crippen molar-refractivity contribution in [2.45, 2.75) is 12.7 Å². The van der Waals surface area contributed by atoms with Crippen molar-refractivity contribution in [3.05, 3.63) is 65.9 Å². The molecule has 0 fully saturated rings. The molecule has 0 saturated heterocycles. The van der Waals surface area contributed by atoms with E-state index in [1.807, 2.05) is 44.3 Å². The van der Waals surface area contributed by atoms with Crippen LogP contribution in [0.2, 0.25) is 0 Å². The molecule has 146 valence electrons. The Morgan fingerprint density at radius 3 is 2.36 bits per heavy atom. The second-order valence-electron chi connectivity index (χ2n) is 6.57. The summed E-state index contributed by atoms with van der Waals surface area (Å²) < 4.78 is 23.0. The Bertz CT molecular complexity index is 1070. The van der Waals surface area contributed by atoms with Crippen molar-refractivity contribution < 1.29 is 8.42 Å². The molecule has 8 heteroatoms. The molecular formula is C20H23N5O2S. The second kappa shape index (κ2) is 8.26. The molecule has 1 heterocycles. The fourth-order valence-electron chi connectivity index (χ4n) is 2.66. The van der Waals surface area contributed by atoms with E-state index in [4.69, 9.17) is 0 Å². The van der Waals surface area contributed by atoms with Crippen molar-refractivity contribution in [2.75, 3.05) is 29.3 Å². The van der Waals surface area contributed by atoms with Crippen molar-refractivity contribution in [3.8, 4) is 0 Å². The number of rotatable bonds is 7. The molecule has 0 aliphatic heterocycles. The molecule has 0 aliphatic carbocycles. The molecule has 0 spiro atoms. The van der Waals surface area contributed by atoms with Gasteiger partial charge in [0.2, 0.25) is 5.95 Å². The van der Waals surface area contributed by atoms with Crippen molar-refractivity contribution in [1.82, 2.24) is 9.97 Å². The first-order valence-corrected chi connectivity index (χ1v) is 10.8. The van der Waals surface area contributed by atoms with Gasteiger partial charge >= 0.3 is 0 Å². The highest BCUT2D eigenvalue weighted by atomic mass is 32.2. The van der Waals surface area contributed by atoms with E-state index < -0.39 is 9.84 Å². The number of nitrogens with zero attached hydrogens (tertiary/aromatic N) is 2. The van der Waals surface area contributed by atoms with Crippen LogP contribution in [0.4, 0.5) is 28.8 Å². The predicted octanol–water partition coefficient (Wildman–Crippen LogP) is 3.86. The lowest BCUT2D eigenvalue weighted by atomic mass is 10.2. The van der Waals surface area contributed by atoms with Crippen molar-refractivity contribution >= 4 is 38.7 Å². The predicted molar refractivity (Wildman–Crippen MR) is 114 cm³/mol. The van der Waals surface area contributed by atoms with Gasteiger partial charge < -0.3 is 16.0 Å². The number of aromatic nitrogens is 2. The highest BCUT2D eigenvalue weighted by molar-refractivity contribution is 7.89. The van der Waals surface area contributed by atoms with Gasteiger partial charge in [0.15, 0.2) is 9.84 Å². The van der Waals surface area contributed by atoms with Crippen LogP contribution >= 0.6 is 0 Å². The highest BCUT2D eigenvalue weighted by Crippen LogP contribution is 2.22. The summed E-state index contributed by atoms with van der Waals surface area (Å²) in [7, 11) is -1.22. The molecule has 0 radical (unpaired) electrons. The monoisotopic (exact) mass is 397 g/mol. The van der Waals surface area contributed by atoms with Crippen LogP contribution in [0.1, 0.15) is 11.1 Å². The zero-order chi connectivity index (χ0) is 20.1. The van der Waals surface area contributed by atoms with Crippen molar-refractivity contribution in [1.29, 1.82) is 0 Å². The van der Waals surface area contributed by atoms with E-state index in [1.54, 1.807) is 24.4 Å². The van der Waals surface area contributed by atoms with E-state index in [0.29, 0.717) is 17.3 Å². The van der Waals surface area contributed by atoms with E-state index in [2.05, 4.69) is 25.9 Å². The summed E-state index contributed by atoms with van der Waals surface area (Å²) in [6.07, 6.45) is 2.96. The SMILES string of the molecule is CNc1ccc(Nc2nc(Nc3cccc(CS(C)(=O)=O)c3)ncc2C)cc1. The molecule has 3 rings (SSSR count). The molecule has 0 amide bonds. The van der Waals surface area contributed by atoms with E-state index in [0.717, 1.165) is 22.6 Å². The Balaban J connectivity index is 1.78. The third-order valence-electron chi connectivity index (χ3n) is 4.02. The highest BCUT2D eigenvalue weighted by Gasteiger charge is 2.08. The summed E-state index contributed by atoms with van der Waals surface area (Å²) in [5.74, 6) is 1.12. The van der Waals surface area contributed by atoms with Gasteiger partial charge in [-0.1, -0.05) is 12.1 Å². The van der Waals surface area contributed by atoms with Crippen molar-refractivity contribution in [2.24, 2.45) is 0 Å². The lowest BCUT2D eigenvalue weighted by Crippen LogP contribution is -2.04. The Labute approximate surface area is 165 Å². The number of benzene rings is 2. The summed E-state index contributed by atoms with van der Waals surface area (Å²) in [6, 6.07) is 15.1. The minimum absolute atomic E-state index is 0.00725. The van der Waals surface area contributed by atoms with E-state index >= 15 is 0 Å². The molecule has 3 N–H and O–H groups in total. The van der Waals surface area contributed by atoms with Crippen LogP contribution < -0.4 is 16.0 Å². The number of nitrogens with one attached hydrogen (secondary N) is 3. The minimum atomic E-state index is -3.09. The summed E-state index contributed by atoms with van der Waals surface area (Å²) >= 11 is 0. The maximum absolute atomic E-state index is 11.5. The van der Waals surface area contributed by atoms with E-state index in [-0.39, 0.29) is 5.75 Å². The molecule has 0 atom stereocenters. The lowest BCUT2D eigenvalue weighted by Gasteiger charge is -2.12. The van der Waals surface area contributed by atoms with Crippen LogP contribution in [0.5, 0.6) is 0 Å². The van der Waals surface area contributed by atoms with Crippen LogP contribution in [0.15, 0.2) is 54.7 Å². The molecule has 28 heavy (non-hydrogen) atoms. The maximum atomic E-state index is 11.5. The standard InChI is InChI=1S/C20H23N5O2S/c1-14-12-22-20(24-18-6-4-5-15(11-18)13-28(3,26)27)25-19(14)23-17-9-7-16(21-2)8-10-17/h4-12,21H,13H2,1-3H3,(H2,22,23,24,25). The molecule has 0 bridgehead atoms. The first-order valence-electron chi connectivity index (χ1n) is 8.74. The summed E-state index contributed by atoms with van der Waals surface area (Å²) in [6.45, 7) is 1.93. The largest absolute Gasteiger partial charge is 0.388 e. The van der Waals surface area contributed by atoms with Gasteiger partial charge in [-0.25, -0.2) is 13.4 Å². The second-order valence-corrected chi connectivity index (χ2v) is 8.71. The normalized spacial score (nSPS) is 11.1.